The van der Waals surface area contributed by atoms with Crippen molar-refractivity contribution in [1.82, 2.24) is 4.98 Å². The maximum absolute atomic E-state index is 13.8. The highest BCUT2D eigenvalue weighted by molar-refractivity contribution is 6.05. The van der Waals surface area contributed by atoms with Crippen LogP contribution in [-0.4, -0.2) is 19.2 Å². The lowest BCUT2D eigenvalue weighted by atomic mass is 9.95. The number of aromatic amines is 1. The van der Waals surface area contributed by atoms with Crippen molar-refractivity contribution in [2.75, 3.05) is 14.2 Å². The van der Waals surface area contributed by atoms with Crippen LogP contribution in [0.2, 0.25) is 0 Å². The van der Waals surface area contributed by atoms with E-state index in [2.05, 4.69) is 4.98 Å². The van der Waals surface area contributed by atoms with Crippen molar-refractivity contribution in [3.63, 3.8) is 0 Å². The molecule has 4 aromatic rings. The number of nitrogens with one attached hydrogen (secondary N) is 1. The van der Waals surface area contributed by atoms with Crippen LogP contribution in [0.3, 0.4) is 0 Å². The summed E-state index contributed by atoms with van der Waals surface area (Å²) in [5.74, 6) is 1.31. The smallest absolute Gasteiger partial charge is 0.417 e. The van der Waals surface area contributed by atoms with Crippen LogP contribution < -0.4 is 9.47 Å². The topological polar surface area (TPSA) is 34.2 Å². The van der Waals surface area contributed by atoms with Crippen LogP contribution in [0, 0.1) is 0 Å². The van der Waals surface area contributed by atoms with Gasteiger partial charge in [0.15, 0.2) is 0 Å². The normalized spacial score (nSPS) is 11.6. The van der Waals surface area contributed by atoms with Gasteiger partial charge in [0.05, 0.1) is 25.5 Å². The molecule has 1 heterocycles. The SMILES string of the molecule is COc1ccc(-c2[nH]c3cccc(C(F)(F)F)c3c2-c2ccc(OC)cc2)cc1. The Morgan fingerprint density at radius 2 is 1.28 bits per heavy atom. The van der Waals surface area contributed by atoms with Gasteiger partial charge in [0, 0.05) is 16.5 Å². The van der Waals surface area contributed by atoms with Crippen molar-refractivity contribution in [2.45, 2.75) is 6.18 Å². The molecule has 0 unspecified atom stereocenters. The molecule has 3 nitrogen and oxygen atoms in total. The second kappa shape index (κ2) is 7.20. The maximum atomic E-state index is 13.8. The summed E-state index contributed by atoms with van der Waals surface area (Å²) in [6, 6.07) is 18.4. The molecule has 0 aliphatic heterocycles. The standard InChI is InChI=1S/C23H18F3NO2/c1-28-16-10-6-14(7-11-16)20-21-18(23(24,25)26)4-3-5-19(21)27-22(20)15-8-12-17(29-2)13-9-15/h3-13,27H,1-2H3. The zero-order valence-corrected chi connectivity index (χ0v) is 15.8. The first-order valence-corrected chi connectivity index (χ1v) is 8.93. The summed E-state index contributed by atoms with van der Waals surface area (Å²) in [6.45, 7) is 0. The third-order valence-corrected chi connectivity index (χ3v) is 4.89. The van der Waals surface area contributed by atoms with Gasteiger partial charge in [-0.15, -0.1) is 0 Å². The average Bonchev–Trinajstić information content (AvgIpc) is 3.12. The molecule has 0 bridgehead atoms. The van der Waals surface area contributed by atoms with E-state index >= 15 is 0 Å². The molecule has 1 N–H and O–H groups in total. The maximum Gasteiger partial charge on any atom is 0.417 e. The van der Waals surface area contributed by atoms with Gasteiger partial charge in [0.25, 0.3) is 0 Å². The van der Waals surface area contributed by atoms with Crippen LogP contribution >= 0.6 is 0 Å². The first-order valence-electron chi connectivity index (χ1n) is 8.93. The fourth-order valence-corrected chi connectivity index (χ4v) is 3.50. The number of methoxy groups -OCH3 is 2. The van der Waals surface area contributed by atoms with Gasteiger partial charge in [-0.05, 0) is 59.7 Å². The Hall–Kier alpha value is -3.41. The van der Waals surface area contributed by atoms with Crippen LogP contribution in [0.5, 0.6) is 11.5 Å². The Kier molecular flexibility index (Phi) is 4.70. The van der Waals surface area contributed by atoms with Gasteiger partial charge in [-0.3, -0.25) is 0 Å². The van der Waals surface area contributed by atoms with Crippen LogP contribution in [0.15, 0.2) is 66.7 Å². The third kappa shape index (κ3) is 3.42. The number of H-pyrrole nitrogens is 1. The average molecular weight is 397 g/mol. The summed E-state index contributed by atoms with van der Waals surface area (Å²) >= 11 is 0. The van der Waals surface area contributed by atoms with Crippen molar-refractivity contribution in [3.05, 3.63) is 72.3 Å². The molecule has 0 aliphatic rings. The lowest BCUT2D eigenvalue weighted by Gasteiger charge is -2.12. The Balaban J connectivity index is 2.04. The van der Waals surface area contributed by atoms with Gasteiger partial charge in [0.2, 0.25) is 0 Å². The molecule has 4 rings (SSSR count). The minimum absolute atomic E-state index is 0.149. The molecule has 0 fully saturated rings. The zero-order valence-electron chi connectivity index (χ0n) is 15.8. The van der Waals surface area contributed by atoms with Gasteiger partial charge in [-0.25, -0.2) is 0 Å². The zero-order chi connectivity index (χ0) is 20.6. The van der Waals surface area contributed by atoms with Crippen molar-refractivity contribution in [2.24, 2.45) is 0 Å². The van der Waals surface area contributed by atoms with Crippen LogP contribution in [0.4, 0.5) is 13.2 Å². The van der Waals surface area contributed by atoms with E-state index < -0.39 is 11.7 Å². The summed E-state index contributed by atoms with van der Waals surface area (Å²) in [5.41, 5.74) is 2.30. The van der Waals surface area contributed by atoms with Crippen molar-refractivity contribution < 1.29 is 22.6 Å². The molecule has 0 amide bonds. The molecule has 0 atom stereocenters. The number of ether oxygens (including phenoxy) is 2. The van der Waals surface area contributed by atoms with Gasteiger partial charge in [-0.2, -0.15) is 13.2 Å². The minimum Gasteiger partial charge on any atom is -0.497 e. The van der Waals surface area contributed by atoms with Gasteiger partial charge < -0.3 is 14.5 Å². The van der Waals surface area contributed by atoms with E-state index in [0.29, 0.717) is 33.8 Å². The monoisotopic (exact) mass is 397 g/mol. The Bertz CT molecular complexity index is 1140. The second-order valence-electron chi connectivity index (χ2n) is 6.56. The largest absolute Gasteiger partial charge is 0.497 e. The van der Waals surface area contributed by atoms with E-state index in [0.717, 1.165) is 11.6 Å². The summed E-state index contributed by atoms with van der Waals surface area (Å²) < 4.78 is 51.8. The van der Waals surface area contributed by atoms with E-state index in [4.69, 9.17) is 9.47 Å². The van der Waals surface area contributed by atoms with Crippen molar-refractivity contribution in [1.29, 1.82) is 0 Å². The molecular formula is C23H18F3NO2. The predicted molar refractivity (Wildman–Crippen MR) is 107 cm³/mol. The Morgan fingerprint density at radius 3 is 1.79 bits per heavy atom. The van der Waals surface area contributed by atoms with E-state index in [1.807, 2.05) is 12.1 Å². The highest BCUT2D eigenvalue weighted by Crippen LogP contribution is 2.44. The number of alkyl halides is 3. The number of aromatic nitrogens is 1. The summed E-state index contributed by atoms with van der Waals surface area (Å²) in [6.07, 6.45) is -4.47. The lowest BCUT2D eigenvalue weighted by molar-refractivity contribution is -0.136. The number of fused-ring (bicyclic) bond motifs is 1. The van der Waals surface area contributed by atoms with E-state index in [9.17, 15) is 13.2 Å². The van der Waals surface area contributed by atoms with Gasteiger partial charge in [0.1, 0.15) is 11.5 Å². The van der Waals surface area contributed by atoms with Crippen LogP contribution in [-0.2, 0) is 6.18 Å². The molecule has 3 aromatic carbocycles. The summed E-state index contributed by atoms with van der Waals surface area (Å²) in [4.78, 5) is 3.19. The van der Waals surface area contributed by atoms with Gasteiger partial charge >= 0.3 is 6.18 Å². The molecular weight excluding hydrogens is 379 g/mol. The molecule has 6 heteroatoms. The van der Waals surface area contributed by atoms with Crippen LogP contribution in [0.25, 0.3) is 33.3 Å². The fourth-order valence-electron chi connectivity index (χ4n) is 3.50. The summed E-state index contributed by atoms with van der Waals surface area (Å²) in [7, 11) is 3.11. The first-order chi connectivity index (χ1) is 13.9. The molecule has 1 aromatic heterocycles. The quantitative estimate of drug-likeness (QED) is 0.424. The van der Waals surface area contributed by atoms with E-state index in [1.54, 1.807) is 56.7 Å². The van der Waals surface area contributed by atoms with Crippen molar-refractivity contribution >= 4 is 10.9 Å². The molecule has 0 saturated carbocycles. The second-order valence-corrected chi connectivity index (χ2v) is 6.56. The third-order valence-electron chi connectivity index (χ3n) is 4.89. The summed E-state index contributed by atoms with van der Waals surface area (Å²) in [5, 5.41) is 0.149. The minimum atomic E-state index is -4.47. The fraction of sp³-hybridized carbons (Fsp3) is 0.130. The molecule has 0 aliphatic carbocycles. The highest BCUT2D eigenvalue weighted by Gasteiger charge is 2.34. The van der Waals surface area contributed by atoms with Gasteiger partial charge in [-0.1, -0.05) is 18.2 Å². The number of benzene rings is 3. The Labute approximate surface area is 165 Å². The Morgan fingerprint density at radius 1 is 0.724 bits per heavy atom. The molecule has 0 spiro atoms. The molecule has 29 heavy (non-hydrogen) atoms. The van der Waals surface area contributed by atoms with Crippen LogP contribution in [0.1, 0.15) is 5.56 Å². The van der Waals surface area contributed by atoms with E-state index in [-0.39, 0.29) is 5.39 Å². The number of hydrogen-bond donors (Lipinski definition) is 1. The predicted octanol–water partition coefficient (Wildman–Crippen LogP) is 6.54. The lowest BCUT2D eigenvalue weighted by Crippen LogP contribution is -2.05. The highest BCUT2D eigenvalue weighted by atomic mass is 19.4. The van der Waals surface area contributed by atoms with Crippen molar-refractivity contribution in [3.8, 4) is 33.9 Å². The number of halogens is 3. The molecule has 0 saturated heterocycles. The number of hydrogen-bond acceptors (Lipinski definition) is 2. The van der Waals surface area contributed by atoms with E-state index in [1.165, 1.54) is 6.07 Å². The first kappa shape index (κ1) is 18.9. The number of rotatable bonds is 4. The molecule has 148 valence electrons. The molecule has 0 radical (unpaired) electrons.